The summed E-state index contributed by atoms with van der Waals surface area (Å²) < 4.78 is 0.408. The van der Waals surface area contributed by atoms with Gasteiger partial charge in [-0.1, -0.05) is 66.7 Å². The number of aromatic carboxylic acids is 1. The highest BCUT2D eigenvalue weighted by molar-refractivity contribution is 6.08. The Labute approximate surface area is 187 Å². The maximum Gasteiger partial charge on any atom is 0.335 e. The summed E-state index contributed by atoms with van der Waals surface area (Å²) in [5, 5.41) is 28.6. The second kappa shape index (κ2) is 10.8. The number of aliphatic hydroxyl groups excluding tert-OH is 2. The molecule has 0 saturated carbocycles. The third kappa shape index (κ3) is 5.88. The largest absolute Gasteiger partial charge is 0.478 e. The van der Waals surface area contributed by atoms with Crippen LogP contribution in [0.15, 0.2) is 78.9 Å². The average Bonchev–Trinajstić information content (AvgIpc) is 2.80. The van der Waals surface area contributed by atoms with Crippen molar-refractivity contribution in [2.45, 2.75) is 13.1 Å². The second-order valence-corrected chi connectivity index (χ2v) is 7.95. The Balaban J connectivity index is 1.81. The number of hydrogen-bond donors (Lipinski definition) is 3. The molecular formula is C26H28NO5+. The Morgan fingerprint density at radius 2 is 1.06 bits per heavy atom. The molecular weight excluding hydrogens is 406 g/mol. The van der Waals surface area contributed by atoms with Crippen molar-refractivity contribution >= 4 is 11.8 Å². The molecule has 6 heteroatoms. The number of carbonyl (C=O) groups is 2. The van der Waals surface area contributed by atoms with Crippen molar-refractivity contribution in [1.82, 2.24) is 0 Å². The van der Waals surface area contributed by atoms with Crippen LogP contribution in [0.3, 0.4) is 0 Å². The van der Waals surface area contributed by atoms with Gasteiger partial charge < -0.3 is 19.8 Å². The molecule has 166 valence electrons. The molecule has 0 bridgehead atoms. The fourth-order valence-corrected chi connectivity index (χ4v) is 3.95. The van der Waals surface area contributed by atoms with E-state index in [1.165, 1.54) is 0 Å². The summed E-state index contributed by atoms with van der Waals surface area (Å²) in [4.78, 5) is 23.8. The Morgan fingerprint density at radius 1 is 0.625 bits per heavy atom. The molecule has 0 unspecified atom stereocenters. The molecule has 0 fully saturated rings. The van der Waals surface area contributed by atoms with E-state index in [2.05, 4.69) is 0 Å². The van der Waals surface area contributed by atoms with E-state index in [-0.39, 0.29) is 24.6 Å². The number of hydrogen-bond acceptors (Lipinski definition) is 4. The fraction of sp³-hybridized carbons (Fsp3) is 0.231. The number of aliphatic hydroxyl groups is 2. The van der Waals surface area contributed by atoms with Gasteiger partial charge in [0.2, 0.25) is 0 Å². The lowest BCUT2D eigenvalue weighted by atomic mass is 10.0. The van der Waals surface area contributed by atoms with Gasteiger partial charge in [0.05, 0.1) is 18.8 Å². The Morgan fingerprint density at radius 3 is 1.50 bits per heavy atom. The van der Waals surface area contributed by atoms with Crippen LogP contribution in [-0.4, -0.2) is 57.9 Å². The lowest BCUT2D eigenvalue weighted by molar-refractivity contribution is -0.954. The van der Waals surface area contributed by atoms with Gasteiger partial charge in [-0.25, -0.2) is 4.79 Å². The lowest BCUT2D eigenvalue weighted by Crippen LogP contribution is -2.50. The van der Waals surface area contributed by atoms with E-state index in [0.717, 1.165) is 11.1 Å². The highest BCUT2D eigenvalue weighted by Gasteiger charge is 2.28. The van der Waals surface area contributed by atoms with Crippen LogP contribution in [0.5, 0.6) is 0 Å². The van der Waals surface area contributed by atoms with Crippen LogP contribution in [-0.2, 0) is 13.1 Å². The summed E-state index contributed by atoms with van der Waals surface area (Å²) in [6, 6.07) is 23.2. The molecule has 0 aliphatic carbocycles. The minimum atomic E-state index is -0.979. The molecule has 3 N–H and O–H groups in total. The van der Waals surface area contributed by atoms with Crippen LogP contribution in [0.2, 0.25) is 0 Å². The smallest absolute Gasteiger partial charge is 0.335 e. The number of carboxylic acid groups (broad SMARTS) is 1. The van der Waals surface area contributed by atoms with Gasteiger partial charge in [0.25, 0.3) is 0 Å². The van der Waals surface area contributed by atoms with E-state index < -0.39 is 5.97 Å². The molecule has 0 aliphatic rings. The van der Waals surface area contributed by atoms with Gasteiger partial charge in [-0.2, -0.15) is 0 Å². The van der Waals surface area contributed by atoms with Crippen LogP contribution in [0.4, 0.5) is 0 Å². The third-order valence-corrected chi connectivity index (χ3v) is 5.64. The Kier molecular flexibility index (Phi) is 7.89. The van der Waals surface area contributed by atoms with E-state index in [4.69, 9.17) is 5.11 Å². The Hall–Kier alpha value is -3.32. The van der Waals surface area contributed by atoms with Crippen molar-refractivity contribution in [3.8, 4) is 0 Å². The maximum atomic E-state index is 12.7. The first kappa shape index (κ1) is 23.3. The predicted molar refractivity (Wildman–Crippen MR) is 121 cm³/mol. The number of carboxylic acids is 1. The zero-order valence-corrected chi connectivity index (χ0v) is 17.9. The van der Waals surface area contributed by atoms with Gasteiger partial charge in [-0.15, -0.1) is 0 Å². The van der Waals surface area contributed by atoms with Crippen molar-refractivity contribution < 1.29 is 29.4 Å². The van der Waals surface area contributed by atoms with Gasteiger partial charge in [0.1, 0.15) is 26.2 Å². The molecule has 0 heterocycles. The molecule has 3 aromatic rings. The lowest BCUT2D eigenvalue weighted by Gasteiger charge is -2.38. The molecule has 0 atom stereocenters. The van der Waals surface area contributed by atoms with E-state index in [1.54, 1.807) is 48.5 Å². The average molecular weight is 435 g/mol. The van der Waals surface area contributed by atoms with Gasteiger partial charge >= 0.3 is 5.97 Å². The van der Waals surface area contributed by atoms with Crippen LogP contribution >= 0.6 is 0 Å². The molecule has 3 rings (SSSR count). The van der Waals surface area contributed by atoms with Gasteiger partial charge in [0, 0.05) is 22.3 Å². The zero-order valence-electron chi connectivity index (χ0n) is 17.9. The highest BCUT2D eigenvalue weighted by Crippen LogP contribution is 2.21. The molecule has 0 saturated heterocycles. The molecule has 0 radical (unpaired) electrons. The summed E-state index contributed by atoms with van der Waals surface area (Å²) in [7, 11) is 0. The summed E-state index contributed by atoms with van der Waals surface area (Å²) in [6.45, 7) is 1.88. The quantitative estimate of drug-likeness (QED) is 0.318. The minimum absolute atomic E-state index is 0.0397. The molecule has 6 nitrogen and oxygen atoms in total. The van der Waals surface area contributed by atoms with Crippen LogP contribution in [0.25, 0.3) is 0 Å². The molecule has 0 aromatic heterocycles. The van der Waals surface area contributed by atoms with E-state index in [1.807, 2.05) is 30.3 Å². The van der Waals surface area contributed by atoms with E-state index in [0.29, 0.717) is 41.8 Å². The van der Waals surface area contributed by atoms with Crippen molar-refractivity contribution in [2.24, 2.45) is 0 Å². The highest BCUT2D eigenvalue weighted by atomic mass is 16.4. The SMILES string of the molecule is O=C(O)c1ccc(C[N+](CCO)(CCO)Cc2ccc(C(=O)c3ccccc3)cc2)cc1. The first-order chi connectivity index (χ1) is 15.5. The van der Waals surface area contributed by atoms with Gasteiger partial charge in [0.15, 0.2) is 5.78 Å². The number of nitrogens with zero attached hydrogens (tertiary/aromatic N) is 1. The molecule has 0 spiro atoms. The normalized spacial score (nSPS) is 11.3. The standard InChI is InChI=1S/C26H27NO5/c28-16-14-27(15-17-29,19-21-8-12-24(13-9-21)26(31)32)18-20-6-10-23(11-7-20)25(30)22-4-2-1-3-5-22/h1-13,28-29H,14-19H2/p+1. The summed E-state index contributed by atoms with van der Waals surface area (Å²) >= 11 is 0. The summed E-state index contributed by atoms with van der Waals surface area (Å²) in [5.41, 5.74) is 3.36. The summed E-state index contributed by atoms with van der Waals surface area (Å²) in [5.74, 6) is -1.02. The van der Waals surface area contributed by atoms with Gasteiger partial charge in [-0.3, -0.25) is 4.79 Å². The first-order valence-corrected chi connectivity index (χ1v) is 10.5. The van der Waals surface area contributed by atoms with Crippen molar-refractivity contribution in [3.63, 3.8) is 0 Å². The predicted octanol–water partition coefficient (Wildman–Crippen LogP) is 3.12. The molecule has 0 amide bonds. The van der Waals surface area contributed by atoms with Crippen LogP contribution in [0.1, 0.15) is 37.4 Å². The molecule has 32 heavy (non-hydrogen) atoms. The Bertz CT molecular complexity index is 1020. The fourth-order valence-electron chi connectivity index (χ4n) is 3.95. The first-order valence-electron chi connectivity index (χ1n) is 10.5. The van der Waals surface area contributed by atoms with Gasteiger partial charge in [-0.05, 0) is 12.1 Å². The summed E-state index contributed by atoms with van der Waals surface area (Å²) in [6.07, 6.45) is 0. The number of ketones is 1. The topological polar surface area (TPSA) is 94.8 Å². The number of quaternary nitrogens is 1. The molecule has 0 aliphatic heterocycles. The van der Waals surface area contributed by atoms with Crippen molar-refractivity contribution in [2.75, 3.05) is 26.3 Å². The zero-order chi connectivity index (χ0) is 23.0. The number of benzene rings is 3. The minimum Gasteiger partial charge on any atom is -0.478 e. The third-order valence-electron chi connectivity index (χ3n) is 5.64. The van der Waals surface area contributed by atoms with Crippen LogP contribution in [0, 0.1) is 0 Å². The van der Waals surface area contributed by atoms with Crippen LogP contribution < -0.4 is 0 Å². The second-order valence-electron chi connectivity index (χ2n) is 7.95. The molecule has 3 aromatic carbocycles. The maximum absolute atomic E-state index is 12.7. The number of rotatable bonds is 11. The van der Waals surface area contributed by atoms with Crippen molar-refractivity contribution in [1.29, 1.82) is 0 Å². The van der Waals surface area contributed by atoms with Crippen molar-refractivity contribution in [3.05, 3.63) is 107 Å². The van der Waals surface area contributed by atoms with E-state index >= 15 is 0 Å². The van der Waals surface area contributed by atoms with E-state index in [9.17, 15) is 19.8 Å². The number of carbonyl (C=O) groups excluding carboxylic acids is 1. The monoisotopic (exact) mass is 434 g/mol.